The van der Waals surface area contributed by atoms with Crippen LogP contribution in [-0.2, 0) is 6.42 Å². The van der Waals surface area contributed by atoms with Crippen molar-refractivity contribution in [3.05, 3.63) is 84.4 Å². The summed E-state index contributed by atoms with van der Waals surface area (Å²) in [6.45, 7) is 5.06. The Morgan fingerprint density at radius 1 is 0.848 bits per heavy atom. The molecule has 0 spiro atoms. The number of aromatic nitrogens is 1. The van der Waals surface area contributed by atoms with Gasteiger partial charge in [0.1, 0.15) is 5.82 Å². The van der Waals surface area contributed by atoms with Crippen LogP contribution in [0, 0.1) is 0 Å². The number of urea groups is 1. The van der Waals surface area contributed by atoms with Crippen molar-refractivity contribution in [2.75, 3.05) is 48.3 Å². The van der Waals surface area contributed by atoms with Crippen LogP contribution in [0.4, 0.5) is 22.0 Å². The topological polar surface area (TPSA) is 60.5 Å². The van der Waals surface area contributed by atoms with Crippen LogP contribution in [0.2, 0.25) is 0 Å². The maximum absolute atomic E-state index is 12.3. The molecule has 4 aromatic rings. The number of fused-ring (bicyclic) bond motifs is 1. The largest absolute Gasteiger partial charge is 0.353 e. The Hall–Kier alpha value is -3.42. The highest BCUT2D eigenvalue weighted by Crippen LogP contribution is 2.29. The van der Waals surface area contributed by atoms with Gasteiger partial charge in [0, 0.05) is 49.5 Å². The van der Waals surface area contributed by atoms with E-state index in [0.717, 1.165) is 56.3 Å². The van der Waals surface area contributed by atoms with Crippen LogP contribution in [0.3, 0.4) is 0 Å². The van der Waals surface area contributed by atoms with Crippen molar-refractivity contribution in [3.8, 4) is 0 Å². The molecule has 1 aliphatic rings. The van der Waals surface area contributed by atoms with Gasteiger partial charge >= 0.3 is 6.03 Å². The predicted molar refractivity (Wildman–Crippen MR) is 138 cm³/mol. The molecule has 1 aliphatic heterocycles. The normalized spacial score (nSPS) is 14.4. The maximum Gasteiger partial charge on any atom is 0.323 e. The standard InChI is InChI=1S/C26H27N5OS/c32-26(27-21-8-2-1-3-9-21)28-22-10-6-7-20(19-22)13-14-30-15-17-31(18-16-30)25-23-11-4-5-12-24(23)33-29-25/h1-12,19H,13-18H2,(H2,27,28,32). The first-order chi connectivity index (χ1) is 16.2. The molecule has 1 fully saturated rings. The summed E-state index contributed by atoms with van der Waals surface area (Å²) in [5.74, 6) is 1.13. The number of rotatable bonds is 6. The summed E-state index contributed by atoms with van der Waals surface area (Å²) in [7, 11) is 0. The van der Waals surface area contributed by atoms with Gasteiger partial charge in [0.05, 0.1) is 4.70 Å². The monoisotopic (exact) mass is 457 g/mol. The minimum absolute atomic E-state index is 0.232. The first-order valence-corrected chi connectivity index (χ1v) is 12.1. The van der Waals surface area contributed by atoms with Gasteiger partial charge in [0.15, 0.2) is 0 Å². The van der Waals surface area contributed by atoms with Crippen molar-refractivity contribution in [1.29, 1.82) is 0 Å². The van der Waals surface area contributed by atoms with Gasteiger partial charge in [-0.2, -0.15) is 4.37 Å². The fraction of sp³-hybridized carbons (Fsp3) is 0.231. The van der Waals surface area contributed by atoms with Crippen molar-refractivity contribution in [2.24, 2.45) is 0 Å². The van der Waals surface area contributed by atoms with E-state index >= 15 is 0 Å². The van der Waals surface area contributed by atoms with Crippen molar-refractivity contribution in [2.45, 2.75) is 6.42 Å². The zero-order valence-corrected chi connectivity index (χ0v) is 19.2. The van der Waals surface area contributed by atoms with E-state index in [1.807, 2.05) is 42.5 Å². The summed E-state index contributed by atoms with van der Waals surface area (Å²) in [5, 5.41) is 7.04. The minimum Gasteiger partial charge on any atom is -0.353 e. The van der Waals surface area contributed by atoms with Crippen molar-refractivity contribution in [1.82, 2.24) is 9.27 Å². The molecule has 0 aliphatic carbocycles. The molecule has 2 heterocycles. The Balaban J connectivity index is 1.11. The van der Waals surface area contributed by atoms with Crippen LogP contribution < -0.4 is 15.5 Å². The van der Waals surface area contributed by atoms with Crippen molar-refractivity contribution in [3.63, 3.8) is 0 Å². The first-order valence-electron chi connectivity index (χ1n) is 11.3. The maximum atomic E-state index is 12.3. The van der Waals surface area contributed by atoms with Crippen LogP contribution in [0.5, 0.6) is 0 Å². The molecule has 6 nitrogen and oxygen atoms in total. The van der Waals surface area contributed by atoms with E-state index in [1.165, 1.54) is 15.6 Å². The van der Waals surface area contributed by atoms with Gasteiger partial charge < -0.3 is 15.5 Å². The van der Waals surface area contributed by atoms with Crippen LogP contribution in [-0.4, -0.2) is 48.0 Å². The van der Waals surface area contributed by atoms with Crippen LogP contribution in [0.1, 0.15) is 5.56 Å². The number of nitrogens with one attached hydrogen (secondary N) is 2. The van der Waals surface area contributed by atoms with E-state index in [9.17, 15) is 4.79 Å². The van der Waals surface area contributed by atoms with E-state index in [4.69, 9.17) is 4.37 Å². The number of nitrogens with zero attached hydrogens (tertiary/aromatic N) is 3. The van der Waals surface area contributed by atoms with E-state index in [0.29, 0.717) is 0 Å². The summed E-state index contributed by atoms with van der Waals surface area (Å²) in [5.41, 5.74) is 2.80. The number of benzene rings is 3. The fourth-order valence-electron chi connectivity index (χ4n) is 4.19. The average molecular weight is 458 g/mol. The number of anilines is 3. The smallest absolute Gasteiger partial charge is 0.323 e. The molecule has 1 saturated heterocycles. The molecule has 168 valence electrons. The molecule has 0 saturated carbocycles. The third kappa shape index (κ3) is 5.32. The van der Waals surface area contributed by atoms with Gasteiger partial charge in [-0.25, -0.2) is 4.79 Å². The second kappa shape index (κ2) is 10.0. The van der Waals surface area contributed by atoms with Crippen molar-refractivity contribution >= 4 is 44.8 Å². The Morgan fingerprint density at radius 3 is 2.42 bits per heavy atom. The zero-order valence-electron chi connectivity index (χ0n) is 18.4. The molecule has 0 radical (unpaired) electrons. The first kappa shape index (κ1) is 21.4. The molecule has 0 unspecified atom stereocenters. The highest BCUT2D eigenvalue weighted by molar-refractivity contribution is 7.13. The lowest BCUT2D eigenvalue weighted by atomic mass is 10.1. The lowest BCUT2D eigenvalue weighted by Crippen LogP contribution is -2.47. The molecule has 0 bridgehead atoms. The van der Waals surface area contributed by atoms with Gasteiger partial charge in [-0.3, -0.25) is 4.90 Å². The fourth-order valence-corrected chi connectivity index (χ4v) is 4.99. The second-order valence-corrected chi connectivity index (χ2v) is 9.03. The molecule has 33 heavy (non-hydrogen) atoms. The lowest BCUT2D eigenvalue weighted by Gasteiger charge is -2.35. The van der Waals surface area contributed by atoms with Gasteiger partial charge in [-0.15, -0.1) is 0 Å². The third-order valence-electron chi connectivity index (χ3n) is 5.96. The molecule has 2 N–H and O–H groups in total. The van der Waals surface area contributed by atoms with Crippen LogP contribution >= 0.6 is 11.5 Å². The molecule has 3 aromatic carbocycles. The Kier molecular flexibility index (Phi) is 6.51. The molecule has 5 rings (SSSR count). The number of hydrogen-bond acceptors (Lipinski definition) is 5. The van der Waals surface area contributed by atoms with E-state index in [-0.39, 0.29) is 6.03 Å². The minimum atomic E-state index is -0.232. The number of hydrogen-bond donors (Lipinski definition) is 2. The quantitative estimate of drug-likeness (QED) is 0.412. The highest BCUT2D eigenvalue weighted by Gasteiger charge is 2.20. The summed E-state index contributed by atoms with van der Waals surface area (Å²) in [6.07, 6.45) is 0.954. The van der Waals surface area contributed by atoms with Crippen molar-refractivity contribution < 1.29 is 4.79 Å². The zero-order chi connectivity index (χ0) is 22.5. The van der Waals surface area contributed by atoms with Gasteiger partial charge in [0.2, 0.25) is 0 Å². The molecular weight excluding hydrogens is 430 g/mol. The molecule has 7 heteroatoms. The van der Waals surface area contributed by atoms with E-state index in [2.05, 4.69) is 56.8 Å². The van der Waals surface area contributed by atoms with Crippen LogP contribution in [0.25, 0.3) is 10.1 Å². The van der Waals surface area contributed by atoms with Gasteiger partial charge in [0.25, 0.3) is 0 Å². The third-order valence-corrected chi connectivity index (χ3v) is 6.78. The second-order valence-electron chi connectivity index (χ2n) is 8.23. The van der Waals surface area contributed by atoms with E-state index in [1.54, 1.807) is 11.5 Å². The van der Waals surface area contributed by atoms with Crippen LogP contribution in [0.15, 0.2) is 78.9 Å². The number of amides is 2. The molecule has 1 aromatic heterocycles. The molecular formula is C26H27N5OS. The SMILES string of the molecule is O=C(Nc1ccccc1)Nc1cccc(CCN2CCN(c3nsc4ccccc34)CC2)c1. The Morgan fingerprint density at radius 2 is 1.58 bits per heavy atom. The number of para-hydroxylation sites is 1. The number of piperazine rings is 1. The predicted octanol–water partition coefficient (Wildman–Crippen LogP) is 5.31. The Bertz CT molecular complexity index is 1220. The van der Waals surface area contributed by atoms with E-state index < -0.39 is 0 Å². The Labute approximate surface area is 198 Å². The molecule has 2 amide bonds. The summed E-state index contributed by atoms with van der Waals surface area (Å²) < 4.78 is 5.96. The summed E-state index contributed by atoms with van der Waals surface area (Å²) in [6, 6.07) is 25.8. The molecule has 0 atom stereocenters. The lowest BCUT2D eigenvalue weighted by molar-refractivity contribution is 0.260. The van der Waals surface area contributed by atoms with Gasteiger partial charge in [-0.1, -0.05) is 42.5 Å². The summed E-state index contributed by atoms with van der Waals surface area (Å²) in [4.78, 5) is 17.2. The number of carbonyl (C=O) groups excluding carboxylic acids is 1. The highest BCUT2D eigenvalue weighted by atomic mass is 32.1. The summed E-state index contributed by atoms with van der Waals surface area (Å²) >= 11 is 1.58. The average Bonchev–Trinajstić information content (AvgIpc) is 3.28. The van der Waals surface area contributed by atoms with Gasteiger partial charge in [-0.05, 0) is 59.9 Å². The number of carbonyl (C=O) groups is 1.